The number of hydrogen-bond acceptors (Lipinski definition) is 4. The van der Waals surface area contributed by atoms with E-state index >= 15 is 0 Å². The summed E-state index contributed by atoms with van der Waals surface area (Å²) in [6.45, 7) is 5.28. The van der Waals surface area contributed by atoms with Crippen LogP contribution in [-0.4, -0.2) is 42.1 Å². The Labute approximate surface area is 138 Å². The number of nitrogens with zero attached hydrogens (tertiary/aromatic N) is 3. The summed E-state index contributed by atoms with van der Waals surface area (Å²) in [6, 6.07) is 6.43. The Morgan fingerprint density at radius 2 is 1.96 bits per heavy atom. The summed E-state index contributed by atoms with van der Waals surface area (Å²) in [6.07, 6.45) is 1.80. The van der Waals surface area contributed by atoms with Crippen LogP contribution in [0, 0.1) is 12.7 Å². The molecule has 1 N–H and O–H groups in total. The lowest BCUT2D eigenvalue weighted by Crippen LogP contribution is -2.51. The molecule has 0 unspecified atom stereocenters. The number of anilines is 1. The van der Waals surface area contributed by atoms with E-state index in [1.54, 1.807) is 29.7 Å². The van der Waals surface area contributed by atoms with Crippen molar-refractivity contribution in [1.82, 2.24) is 15.2 Å². The summed E-state index contributed by atoms with van der Waals surface area (Å²) in [5.74, 6) is -0.231. The van der Waals surface area contributed by atoms with Crippen molar-refractivity contribution in [2.24, 2.45) is 0 Å². The molecule has 0 atom stereocenters. The monoisotopic (exact) mass is 334 g/mol. The number of thiazole rings is 1. The minimum Gasteiger partial charge on any atom is -0.368 e. The number of hydrogen-bond donors (Lipinski definition) is 1. The van der Waals surface area contributed by atoms with Gasteiger partial charge in [-0.25, -0.2) is 14.2 Å². The van der Waals surface area contributed by atoms with E-state index in [2.05, 4.69) is 15.2 Å². The summed E-state index contributed by atoms with van der Waals surface area (Å²) in [4.78, 5) is 21.4. The number of aromatic nitrogens is 1. The van der Waals surface area contributed by atoms with Crippen molar-refractivity contribution in [3.05, 3.63) is 46.2 Å². The molecule has 1 fully saturated rings. The largest absolute Gasteiger partial charge is 0.368 e. The first-order valence-corrected chi connectivity index (χ1v) is 8.38. The maximum absolute atomic E-state index is 13.0. The molecule has 1 aromatic heterocycles. The van der Waals surface area contributed by atoms with E-state index in [-0.39, 0.29) is 11.8 Å². The third kappa shape index (κ3) is 3.98. The molecule has 0 radical (unpaired) electrons. The van der Waals surface area contributed by atoms with Gasteiger partial charge in [-0.15, -0.1) is 11.3 Å². The molecule has 1 aliphatic rings. The SMILES string of the molecule is Cc1ncc(CNC(=O)N2CCN(c3ccc(F)cc3)CC2)s1. The number of benzene rings is 1. The van der Waals surface area contributed by atoms with Crippen LogP contribution in [0.4, 0.5) is 14.9 Å². The molecule has 5 nitrogen and oxygen atoms in total. The van der Waals surface area contributed by atoms with Crippen LogP contribution < -0.4 is 10.2 Å². The normalized spacial score (nSPS) is 14.9. The zero-order valence-corrected chi connectivity index (χ0v) is 13.8. The molecule has 2 aromatic rings. The number of aryl methyl sites for hydroxylation is 1. The number of halogens is 1. The molecule has 3 rings (SSSR count). The molecule has 0 spiro atoms. The lowest BCUT2D eigenvalue weighted by molar-refractivity contribution is 0.194. The number of carbonyl (C=O) groups excluding carboxylic acids is 1. The molecule has 23 heavy (non-hydrogen) atoms. The van der Waals surface area contributed by atoms with Gasteiger partial charge in [0, 0.05) is 42.9 Å². The fourth-order valence-electron chi connectivity index (χ4n) is 2.58. The summed E-state index contributed by atoms with van der Waals surface area (Å²) < 4.78 is 13.0. The molecule has 7 heteroatoms. The van der Waals surface area contributed by atoms with Crippen LogP contribution in [0.25, 0.3) is 0 Å². The van der Waals surface area contributed by atoms with Crippen molar-refractivity contribution >= 4 is 23.1 Å². The first-order valence-electron chi connectivity index (χ1n) is 7.56. The Balaban J connectivity index is 1.48. The minimum absolute atomic E-state index is 0.0465. The van der Waals surface area contributed by atoms with E-state index in [0.29, 0.717) is 19.6 Å². The van der Waals surface area contributed by atoms with Gasteiger partial charge in [-0.3, -0.25) is 0 Å². The van der Waals surface area contributed by atoms with Crippen LogP contribution in [0.5, 0.6) is 0 Å². The highest BCUT2D eigenvalue weighted by Crippen LogP contribution is 2.17. The number of carbonyl (C=O) groups is 1. The maximum Gasteiger partial charge on any atom is 0.317 e. The topological polar surface area (TPSA) is 48.5 Å². The minimum atomic E-state index is -0.231. The average molecular weight is 334 g/mol. The van der Waals surface area contributed by atoms with Crippen molar-refractivity contribution in [3.8, 4) is 0 Å². The molecule has 0 aliphatic carbocycles. The van der Waals surface area contributed by atoms with E-state index in [1.807, 2.05) is 11.8 Å². The smallest absolute Gasteiger partial charge is 0.317 e. The summed E-state index contributed by atoms with van der Waals surface area (Å²) in [5, 5.41) is 3.94. The Kier molecular flexibility index (Phi) is 4.76. The number of urea groups is 1. The summed E-state index contributed by atoms with van der Waals surface area (Å²) in [5.41, 5.74) is 0.992. The molecule has 2 amide bonds. The Morgan fingerprint density at radius 1 is 1.26 bits per heavy atom. The van der Waals surface area contributed by atoms with E-state index in [1.165, 1.54) is 12.1 Å². The predicted molar refractivity (Wildman–Crippen MR) is 89.3 cm³/mol. The first kappa shape index (κ1) is 15.7. The number of piperazine rings is 1. The lowest BCUT2D eigenvalue weighted by Gasteiger charge is -2.36. The van der Waals surface area contributed by atoms with Crippen molar-refractivity contribution in [3.63, 3.8) is 0 Å². The van der Waals surface area contributed by atoms with Gasteiger partial charge >= 0.3 is 6.03 Å². The molecular formula is C16H19FN4OS. The highest BCUT2D eigenvalue weighted by molar-refractivity contribution is 7.11. The van der Waals surface area contributed by atoms with Crippen LogP contribution in [0.1, 0.15) is 9.88 Å². The fraction of sp³-hybridized carbons (Fsp3) is 0.375. The van der Waals surface area contributed by atoms with Crippen LogP contribution in [0.2, 0.25) is 0 Å². The molecule has 1 saturated heterocycles. The van der Waals surface area contributed by atoms with E-state index in [9.17, 15) is 9.18 Å². The average Bonchev–Trinajstić information content (AvgIpc) is 2.99. The van der Waals surface area contributed by atoms with Crippen LogP contribution in [-0.2, 0) is 6.54 Å². The second kappa shape index (κ2) is 6.95. The fourth-order valence-corrected chi connectivity index (χ4v) is 3.32. The van der Waals surface area contributed by atoms with Gasteiger partial charge in [0.2, 0.25) is 0 Å². The van der Waals surface area contributed by atoms with Gasteiger partial charge in [0.05, 0.1) is 11.6 Å². The quantitative estimate of drug-likeness (QED) is 0.939. The zero-order valence-electron chi connectivity index (χ0n) is 13.0. The standard InChI is InChI=1S/C16H19FN4OS/c1-12-18-10-15(23-12)11-19-16(22)21-8-6-20(7-9-21)14-4-2-13(17)3-5-14/h2-5,10H,6-9,11H2,1H3,(H,19,22). The van der Waals surface area contributed by atoms with Gasteiger partial charge < -0.3 is 15.1 Å². The predicted octanol–water partition coefficient (Wildman–Crippen LogP) is 2.62. The number of amides is 2. The van der Waals surface area contributed by atoms with Crippen molar-refractivity contribution in [1.29, 1.82) is 0 Å². The van der Waals surface area contributed by atoms with Crippen LogP contribution in [0.3, 0.4) is 0 Å². The molecule has 122 valence electrons. The Hall–Kier alpha value is -2.15. The third-order valence-corrected chi connectivity index (χ3v) is 4.75. The molecular weight excluding hydrogens is 315 g/mol. The summed E-state index contributed by atoms with van der Waals surface area (Å²) in [7, 11) is 0. The zero-order chi connectivity index (χ0) is 16.2. The molecule has 1 aromatic carbocycles. The van der Waals surface area contributed by atoms with Crippen LogP contribution >= 0.6 is 11.3 Å². The molecule has 0 saturated carbocycles. The lowest BCUT2D eigenvalue weighted by atomic mass is 10.2. The van der Waals surface area contributed by atoms with Gasteiger partial charge in [-0.2, -0.15) is 0 Å². The van der Waals surface area contributed by atoms with Gasteiger partial charge in [-0.05, 0) is 31.2 Å². The third-order valence-electron chi connectivity index (χ3n) is 3.84. The molecule has 1 aliphatic heterocycles. The van der Waals surface area contributed by atoms with E-state index < -0.39 is 0 Å². The van der Waals surface area contributed by atoms with E-state index in [0.717, 1.165) is 28.7 Å². The van der Waals surface area contributed by atoms with Crippen molar-refractivity contribution in [2.45, 2.75) is 13.5 Å². The first-order chi connectivity index (χ1) is 11.1. The molecule has 2 heterocycles. The van der Waals surface area contributed by atoms with E-state index in [4.69, 9.17) is 0 Å². The van der Waals surface area contributed by atoms with Crippen LogP contribution in [0.15, 0.2) is 30.5 Å². The second-order valence-corrected chi connectivity index (χ2v) is 6.77. The highest BCUT2D eigenvalue weighted by atomic mass is 32.1. The number of nitrogens with one attached hydrogen (secondary N) is 1. The highest BCUT2D eigenvalue weighted by Gasteiger charge is 2.21. The molecule has 0 bridgehead atoms. The maximum atomic E-state index is 13.0. The van der Waals surface area contributed by atoms with Gasteiger partial charge in [0.15, 0.2) is 0 Å². The Bertz CT molecular complexity index is 665. The van der Waals surface area contributed by atoms with Gasteiger partial charge in [0.25, 0.3) is 0 Å². The Morgan fingerprint density at radius 3 is 2.57 bits per heavy atom. The van der Waals surface area contributed by atoms with Crippen molar-refractivity contribution in [2.75, 3.05) is 31.1 Å². The van der Waals surface area contributed by atoms with Gasteiger partial charge in [0.1, 0.15) is 5.82 Å². The summed E-state index contributed by atoms with van der Waals surface area (Å²) >= 11 is 1.59. The van der Waals surface area contributed by atoms with Gasteiger partial charge in [-0.1, -0.05) is 0 Å². The van der Waals surface area contributed by atoms with Crippen molar-refractivity contribution < 1.29 is 9.18 Å². The second-order valence-electron chi connectivity index (χ2n) is 5.45. The number of rotatable bonds is 3.